The first-order valence-corrected chi connectivity index (χ1v) is 12.6. The fourth-order valence-electron chi connectivity index (χ4n) is 5.58. The van der Waals surface area contributed by atoms with Gasteiger partial charge in [0.2, 0.25) is 0 Å². The van der Waals surface area contributed by atoms with Crippen LogP contribution in [0.3, 0.4) is 0 Å². The molecule has 1 aliphatic heterocycles. The van der Waals surface area contributed by atoms with Crippen molar-refractivity contribution in [3.8, 4) is 5.75 Å². The Morgan fingerprint density at radius 2 is 1.89 bits per heavy atom. The number of rotatable bonds is 8. The minimum absolute atomic E-state index is 0.122. The molecule has 2 fully saturated rings. The zero-order valence-electron chi connectivity index (χ0n) is 20.7. The van der Waals surface area contributed by atoms with Crippen molar-refractivity contribution in [2.45, 2.75) is 50.7 Å². The Labute approximate surface area is 205 Å². The molecule has 3 heterocycles. The summed E-state index contributed by atoms with van der Waals surface area (Å²) in [6, 6.07) is 7.97. The molecule has 3 aromatic rings. The molecule has 1 aromatic carbocycles. The highest BCUT2D eigenvalue weighted by atomic mass is 16.5. The molecule has 35 heavy (non-hydrogen) atoms. The normalized spacial score (nSPS) is 19.3. The monoisotopic (exact) mass is 481 g/mol. The Balaban J connectivity index is 1.49. The zero-order chi connectivity index (χ0) is 24.2. The lowest BCUT2D eigenvalue weighted by molar-refractivity contribution is 0.0612. The fourth-order valence-corrected chi connectivity index (χ4v) is 5.58. The van der Waals surface area contributed by atoms with Gasteiger partial charge in [0.1, 0.15) is 11.8 Å². The summed E-state index contributed by atoms with van der Waals surface area (Å²) in [6.07, 6.45) is 6.61. The summed E-state index contributed by atoms with van der Waals surface area (Å²) >= 11 is 0. The Morgan fingerprint density at radius 1 is 1.09 bits per heavy atom. The van der Waals surface area contributed by atoms with Gasteiger partial charge in [-0.15, -0.1) is 5.10 Å². The highest BCUT2D eigenvalue weighted by Gasteiger charge is 2.34. The summed E-state index contributed by atoms with van der Waals surface area (Å²) in [5.74, 6) is 1.42. The molecule has 0 amide bonds. The van der Waals surface area contributed by atoms with E-state index in [4.69, 9.17) is 9.47 Å². The molecule has 2 aromatic heterocycles. The minimum atomic E-state index is -0.352. The molecule has 1 unspecified atom stereocenters. The lowest BCUT2D eigenvalue weighted by Gasteiger charge is -2.42. The molecule has 10 nitrogen and oxygen atoms in total. The van der Waals surface area contributed by atoms with Gasteiger partial charge in [-0.05, 0) is 47.5 Å². The lowest BCUT2D eigenvalue weighted by Crippen LogP contribution is -2.52. The van der Waals surface area contributed by atoms with Crippen LogP contribution in [0, 0.1) is 0 Å². The Bertz CT molecular complexity index is 1180. The Kier molecular flexibility index (Phi) is 7.40. The second kappa shape index (κ2) is 10.8. The van der Waals surface area contributed by atoms with E-state index in [1.807, 2.05) is 24.3 Å². The third-order valence-electron chi connectivity index (χ3n) is 7.49. The molecule has 2 aliphatic rings. The number of ether oxygens (including phenoxy) is 2. The van der Waals surface area contributed by atoms with E-state index in [-0.39, 0.29) is 11.6 Å². The number of hydrogen-bond acceptors (Lipinski definition) is 8. The zero-order valence-corrected chi connectivity index (χ0v) is 20.7. The molecular formula is C25H35N7O3. The van der Waals surface area contributed by atoms with Gasteiger partial charge in [-0.1, -0.05) is 19.3 Å². The topological polar surface area (TPSA) is 101 Å². The van der Waals surface area contributed by atoms with Crippen LogP contribution in [0.1, 0.15) is 49.5 Å². The Hall–Kier alpha value is -2.82. The van der Waals surface area contributed by atoms with E-state index in [2.05, 4.69) is 30.3 Å². The maximum atomic E-state index is 13.4. The van der Waals surface area contributed by atoms with Crippen LogP contribution in [-0.2, 0) is 11.3 Å². The number of H-pyrrole nitrogens is 1. The number of nitrogens with zero attached hydrogens (tertiary/aromatic N) is 6. The fraction of sp³-hybridized carbons (Fsp3) is 0.600. The number of pyridine rings is 1. The van der Waals surface area contributed by atoms with E-state index < -0.39 is 0 Å². The van der Waals surface area contributed by atoms with Gasteiger partial charge in [0.05, 0.1) is 20.3 Å². The molecule has 0 radical (unpaired) electrons. The molecular weight excluding hydrogens is 446 g/mol. The summed E-state index contributed by atoms with van der Waals surface area (Å²) in [7, 11) is 3.31. The predicted molar refractivity (Wildman–Crippen MR) is 133 cm³/mol. The second-order valence-electron chi connectivity index (χ2n) is 9.53. The molecule has 10 heteroatoms. The van der Waals surface area contributed by atoms with Crippen LogP contribution in [0.2, 0.25) is 0 Å². The van der Waals surface area contributed by atoms with E-state index >= 15 is 0 Å². The van der Waals surface area contributed by atoms with Crippen LogP contribution >= 0.6 is 0 Å². The third kappa shape index (κ3) is 5.10. The van der Waals surface area contributed by atoms with E-state index in [1.54, 1.807) is 18.9 Å². The van der Waals surface area contributed by atoms with Crippen LogP contribution in [0.15, 0.2) is 29.1 Å². The standard InChI is InChI=1S/C25H35N7O3/c1-34-15-14-32-24(27-28-29-32)23(31-12-10-30(11-13-31)19-6-4-3-5-7-19)21-17-18-16-20(35-2)8-9-22(18)26-25(21)33/h8-9,16-17,19,23H,3-7,10-15H2,1-2H3,(H,26,33). The first-order chi connectivity index (χ1) is 17.2. The van der Waals surface area contributed by atoms with Crippen molar-refractivity contribution in [3.05, 3.63) is 46.0 Å². The number of hydrogen-bond donors (Lipinski definition) is 1. The third-order valence-corrected chi connectivity index (χ3v) is 7.49. The van der Waals surface area contributed by atoms with E-state index in [0.717, 1.165) is 42.8 Å². The molecule has 1 saturated carbocycles. The quantitative estimate of drug-likeness (QED) is 0.523. The molecule has 1 saturated heterocycles. The van der Waals surface area contributed by atoms with Gasteiger partial charge in [-0.25, -0.2) is 4.68 Å². The number of aromatic amines is 1. The average molecular weight is 482 g/mol. The van der Waals surface area contributed by atoms with Gasteiger partial charge in [-0.3, -0.25) is 14.6 Å². The highest BCUT2D eigenvalue weighted by molar-refractivity contribution is 5.80. The van der Waals surface area contributed by atoms with Crippen LogP contribution in [0.4, 0.5) is 0 Å². The maximum Gasteiger partial charge on any atom is 0.253 e. The molecule has 1 atom stereocenters. The SMILES string of the molecule is COCCn1nnnc1C(c1cc2cc(OC)ccc2[nH]c1=O)N1CCN(C2CCCCC2)CC1. The maximum absolute atomic E-state index is 13.4. The van der Waals surface area contributed by atoms with E-state index in [9.17, 15) is 4.79 Å². The second-order valence-corrected chi connectivity index (χ2v) is 9.53. The van der Waals surface area contributed by atoms with Crippen molar-refractivity contribution < 1.29 is 9.47 Å². The largest absolute Gasteiger partial charge is 0.497 e. The van der Waals surface area contributed by atoms with Gasteiger partial charge in [0, 0.05) is 55.8 Å². The Morgan fingerprint density at radius 3 is 2.63 bits per heavy atom. The minimum Gasteiger partial charge on any atom is -0.497 e. The van der Waals surface area contributed by atoms with Crippen LogP contribution in [-0.4, -0.2) is 88.0 Å². The van der Waals surface area contributed by atoms with Gasteiger partial charge in [0.15, 0.2) is 5.82 Å². The molecule has 0 spiro atoms. The molecule has 0 bridgehead atoms. The number of methoxy groups -OCH3 is 2. The predicted octanol–water partition coefficient (Wildman–Crippen LogP) is 2.21. The summed E-state index contributed by atoms with van der Waals surface area (Å²) < 4.78 is 12.4. The summed E-state index contributed by atoms with van der Waals surface area (Å²) in [4.78, 5) is 21.4. The molecule has 5 rings (SSSR count). The number of aromatic nitrogens is 5. The van der Waals surface area contributed by atoms with Crippen molar-refractivity contribution >= 4 is 10.9 Å². The molecule has 1 N–H and O–H groups in total. The van der Waals surface area contributed by atoms with Crippen molar-refractivity contribution in [3.63, 3.8) is 0 Å². The van der Waals surface area contributed by atoms with Crippen molar-refractivity contribution in [2.24, 2.45) is 0 Å². The van der Waals surface area contributed by atoms with Crippen LogP contribution < -0.4 is 10.3 Å². The highest BCUT2D eigenvalue weighted by Crippen LogP contribution is 2.30. The lowest BCUT2D eigenvalue weighted by atomic mass is 9.93. The smallest absolute Gasteiger partial charge is 0.253 e. The molecule has 188 valence electrons. The number of tetrazole rings is 1. The first-order valence-electron chi connectivity index (χ1n) is 12.6. The number of fused-ring (bicyclic) bond motifs is 1. The van der Waals surface area contributed by atoms with Crippen LogP contribution in [0.25, 0.3) is 10.9 Å². The molecule has 1 aliphatic carbocycles. The number of piperazine rings is 1. The van der Waals surface area contributed by atoms with Crippen molar-refractivity contribution in [1.29, 1.82) is 0 Å². The van der Waals surface area contributed by atoms with E-state index in [0.29, 0.717) is 30.6 Å². The van der Waals surface area contributed by atoms with Crippen molar-refractivity contribution in [1.82, 2.24) is 35.0 Å². The van der Waals surface area contributed by atoms with Crippen LogP contribution in [0.5, 0.6) is 5.75 Å². The number of benzene rings is 1. The van der Waals surface area contributed by atoms with Gasteiger partial charge in [0.25, 0.3) is 5.56 Å². The summed E-state index contributed by atoms with van der Waals surface area (Å²) in [5, 5.41) is 13.5. The summed E-state index contributed by atoms with van der Waals surface area (Å²) in [5.41, 5.74) is 1.30. The van der Waals surface area contributed by atoms with Gasteiger partial charge in [-0.2, -0.15) is 0 Å². The van der Waals surface area contributed by atoms with Gasteiger partial charge >= 0.3 is 0 Å². The first kappa shape index (κ1) is 23.9. The van der Waals surface area contributed by atoms with E-state index in [1.165, 1.54) is 32.1 Å². The summed E-state index contributed by atoms with van der Waals surface area (Å²) in [6.45, 7) is 4.70. The average Bonchev–Trinajstić information content (AvgIpc) is 3.36. The number of nitrogens with one attached hydrogen (secondary N) is 1. The van der Waals surface area contributed by atoms with Gasteiger partial charge < -0.3 is 14.5 Å². The van der Waals surface area contributed by atoms with Crippen molar-refractivity contribution in [2.75, 3.05) is 47.0 Å².